The van der Waals surface area contributed by atoms with Crippen molar-refractivity contribution in [3.8, 4) is 0 Å². The van der Waals surface area contributed by atoms with E-state index >= 15 is 0 Å². The second-order valence-electron chi connectivity index (χ2n) is 5.45. The molecule has 130 valence electrons. The van der Waals surface area contributed by atoms with Gasteiger partial charge in [0.2, 0.25) is 0 Å². The van der Waals surface area contributed by atoms with Gasteiger partial charge in [-0.2, -0.15) is 0 Å². The van der Waals surface area contributed by atoms with Crippen molar-refractivity contribution in [3.05, 3.63) is 84.1 Å². The van der Waals surface area contributed by atoms with Gasteiger partial charge in [0, 0.05) is 11.3 Å². The fraction of sp³-hybridized carbons (Fsp3) is 0.0500. The van der Waals surface area contributed by atoms with Crippen molar-refractivity contribution in [2.45, 2.75) is 0 Å². The molecular formula is C20H17N3O3. The Kier molecular flexibility index (Phi) is 5.24. The third-order valence-corrected chi connectivity index (χ3v) is 3.61. The van der Waals surface area contributed by atoms with Crippen LogP contribution in [-0.2, 0) is 4.74 Å². The van der Waals surface area contributed by atoms with Gasteiger partial charge in [0.15, 0.2) is 0 Å². The molecule has 0 unspecified atom stereocenters. The summed E-state index contributed by atoms with van der Waals surface area (Å²) in [7, 11) is 1.34. The van der Waals surface area contributed by atoms with Crippen LogP contribution in [0.3, 0.4) is 0 Å². The largest absolute Gasteiger partial charge is 0.465 e. The van der Waals surface area contributed by atoms with Crippen LogP contribution >= 0.6 is 0 Å². The van der Waals surface area contributed by atoms with E-state index in [9.17, 15) is 9.59 Å². The lowest BCUT2D eigenvalue weighted by Crippen LogP contribution is -2.12. The molecular weight excluding hydrogens is 330 g/mol. The van der Waals surface area contributed by atoms with Crippen LogP contribution < -0.4 is 10.6 Å². The first-order valence-corrected chi connectivity index (χ1v) is 7.93. The molecule has 0 bridgehead atoms. The molecule has 0 radical (unpaired) electrons. The SMILES string of the molecule is COC(=O)c1cccc(Nc2ccc(NC(=O)c3ccccc3)nc2)c1. The van der Waals surface area contributed by atoms with E-state index < -0.39 is 5.97 Å². The zero-order valence-corrected chi connectivity index (χ0v) is 14.1. The number of nitrogens with zero attached hydrogens (tertiary/aromatic N) is 1. The molecule has 0 aliphatic carbocycles. The summed E-state index contributed by atoms with van der Waals surface area (Å²) in [6.45, 7) is 0. The number of carbonyl (C=O) groups excluding carboxylic acids is 2. The summed E-state index contributed by atoms with van der Waals surface area (Å²) in [6.07, 6.45) is 1.60. The van der Waals surface area contributed by atoms with E-state index in [1.807, 2.05) is 12.1 Å². The minimum absolute atomic E-state index is 0.218. The summed E-state index contributed by atoms with van der Waals surface area (Å²) in [5, 5.41) is 5.89. The van der Waals surface area contributed by atoms with Gasteiger partial charge in [0.1, 0.15) is 5.82 Å². The molecule has 2 aromatic carbocycles. The first-order chi connectivity index (χ1) is 12.7. The summed E-state index contributed by atoms with van der Waals surface area (Å²) >= 11 is 0. The smallest absolute Gasteiger partial charge is 0.337 e. The minimum Gasteiger partial charge on any atom is -0.465 e. The molecule has 6 nitrogen and oxygen atoms in total. The van der Waals surface area contributed by atoms with Crippen LogP contribution in [0.15, 0.2) is 72.9 Å². The highest BCUT2D eigenvalue weighted by Gasteiger charge is 2.07. The van der Waals surface area contributed by atoms with Crippen molar-refractivity contribution in [1.82, 2.24) is 4.98 Å². The average molecular weight is 347 g/mol. The van der Waals surface area contributed by atoms with E-state index in [-0.39, 0.29) is 5.91 Å². The van der Waals surface area contributed by atoms with Gasteiger partial charge in [-0.05, 0) is 42.5 Å². The number of benzene rings is 2. The quantitative estimate of drug-likeness (QED) is 0.685. The van der Waals surface area contributed by atoms with E-state index in [0.717, 1.165) is 11.4 Å². The topological polar surface area (TPSA) is 80.3 Å². The predicted molar refractivity (Wildman–Crippen MR) is 99.7 cm³/mol. The van der Waals surface area contributed by atoms with E-state index in [0.29, 0.717) is 16.9 Å². The number of ether oxygens (including phenoxy) is 1. The Bertz CT molecular complexity index is 909. The molecule has 0 aliphatic rings. The zero-order valence-electron chi connectivity index (χ0n) is 14.1. The lowest BCUT2D eigenvalue weighted by molar-refractivity contribution is 0.0600. The molecule has 1 heterocycles. The molecule has 3 aromatic rings. The molecule has 0 spiro atoms. The first-order valence-electron chi connectivity index (χ1n) is 7.93. The number of aromatic nitrogens is 1. The number of pyridine rings is 1. The molecule has 2 N–H and O–H groups in total. The summed E-state index contributed by atoms with van der Waals surface area (Å²) in [6, 6.07) is 19.4. The maximum absolute atomic E-state index is 12.1. The highest BCUT2D eigenvalue weighted by molar-refractivity contribution is 6.03. The Morgan fingerprint density at radius 1 is 0.885 bits per heavy atom. The number of methoxy groups -OCH3 is 1. The number of rotatable bonds is 5. The standard InChI is InChI=1S/C20H17N3O3/c1-26-20(25)15-8-5-9-16(12-15)22-17-10-11-18(21-13-17)23-19(24)14-6-3-2-4-7-14/h2-13,22H,1H3,(H,21,23,24). The molecule has 6 heteroatoms. The fourth-order valence-corrected chi connectivity index (χ4v) is 2.33. The van der Waals surface area contributed by atoms with Gasteiger partial charge in [-0.3, -0.25) is 4.79 Å². The van der Waals surface area contributed by atoms with E-state index in [1.165, 1.54) is 7.11 Å². The van der Waals surface area contributed by atoms with Gasteiger partial charge in [0.25, 0.3) is 5.91 Å². The number of amides is 1. The summed E-state index contributed by atoms with van der Waals surface area (Å²) < 4.78 is 4.71. The van der Waals surface area contributed by atoms with Gasteiger partial charge < -0.3 is 15.4 Å². The van der Waals surface area contributed by atoms with Gasteiger partial charge in [0.05, 0.1) is 24.6 Å². The number of nitrogens with one attached hydrogen (secondary N) is 2. The minimum atomic E-state index is -0.397. The molecule has 0 saturated heterocycles. The average Bonchev–Trinajstić information content (AvgIpc) is 2.69. The van der Waals surface area contributed by atoms with Crippen molar-refractivity contribution in [2.24, 2.45) is 0 Å². The summed E-state index contributed by atoms with van der Waals surface area (Å²) in [4.78, 5) is 27.9. The molecule has 26 heavy (non-hydrogen) atoms. The van der Waals surface area contributed by atoms with E-state index in [2.05, 4.69) is 15.6 Å². The number of carbonyl (C=O) groups is 2. The van der Waals surface area contributed by atoms with Crippen molar-refractivity contribution in [3.63, 3.8) is 0 Å². The number of anilines is 3. The number of esters is 1. The molecule has 0 saturated carbocycles. The summed E-state index contributed by atoms with van der Waals surface area (Å²) in [5.41, 5.74) is 2.48. The molecule has 0 fully saturated rings. The Labute approximate surface area is 150 Å². The lowest BCUT2D eigenvalue weighted by atomic mass is 10.2. The van der Waals surface area contributed by atoms with Crippen LogP contribution in [0.5, 0.6) is 0 Å². The van der Waals surface area contributed by atoms with Gasteiger partial charge in [-0.15, -0.1) is 0 Å². The van der Waals surface area contributed by atoms with Crippen molar-refractivity contribution in [1.29, 1.82) is 0 Å². The Balaban J connectivity index is 1.66. The molecule has 1 aromatic heterocycles. The van der Waals surface area contributed by atoms with Crippen molar-refractivity contribution < 1.29 is 14.3 Å². The van der Waals surface area contributed by atoms with Crippen molar-refractivity contribution in [2.75, 3.05) is 17.7 Å². The normalized spacial score (nSPS) is 10.0. The molecule has 1 amide bonds. The van der Waals surface area contributed by atoms with Crippen LogP contribution in [0, 0.1) is 0 Å². The van der Waals surface area contributed by atoms with Crippen LogP contribution in [0.2, 0.25) is 0 Å². The van der Waals surface area contributed by atoms with Crippen LogP contribution in [-0.4, -0.2) is 24.0 Å². The lowest BCUT2D eigenvalue weighted by Gasteiger charge is -2.09. The third kappa shape index (κ3) is 4.24. The Hall–Kier alpha value is -3.67. The second-order valence-corrected chi connectivity index (χ2v) is 5.45. The van der Waals surface area contributed by atoms with Gasteiger partial charge in [-0.1, -0.05) is 24.3 Å². The maximum Gasteiger partial charge on any atom is 0.337 e. The van der Waals surface area contributed by atoms with E-state index in [1.54, 1.807) is 60.8 Å². The maximum atomic E-state index is 12.1. The zero-order chi connectivity index (χ0) is 18.4. The van der Waals surface area contributed by atoms with Gasteiger partial charge in [-0.25, -0.2) is 9.78 Å². The molecule has 0 atom stereocenters. The third-order valence-electron chi connectivity index (χ3n) is 3.61. The number of hydrogen-bond donors (Lipinski definition) is 2. The fourth-order valence-electron chi connectivity index (χ4n) is 2.33. The summed E-state index contributed by atoms with van der Waals surface area (Å²) in [5.74, 6) is -0.164. The van der Waals surface area contributed by atoms with Crippen LogP contribution in [0.25, 0.3) is 0 Å². The van der Waals surface area contributed by atoms with Gasteiger partial charge >= 0.3 is 5.97 Å². The monoisotopic (exact) mass is 347 g/mol. The van der Waals surface area contributed by atoms with Crippen LogP contribution in [0.4, 0.5) is 17.2 Å². The Morgan fingerprint density at radius 2 is 1.65 bits per heavy atom. The highest BCUT2D eigenvalue weighted by Crippen LogP contribution is 2.19. The first kappa shape index (κ1) is 17.2. The number of hydrogen-bond acceptors (Lipinski definition) is 5. The Morgan fingerprint density at radius 3 is 2.35 bits per heavy atom. The predicted octanol–water partition coefficient (Wildman–Crippen LogP) is 3.86. The molecule has 0 aliphatic heterocycles. The van der Waals surface area contributed by atoms with Crippen LogP contribution in [0.1, 0.15) is 20.7 Å². The molecule has 3 rings (SSSR count). The second kappa shape index (κ2) is 7.94. The van der Waals surface area contributed by atoms with Crippen molar-refractivity contribution >= 4 is 29.1 Å². The van der Waals surface area contributed by atoms with E-state index in [4.69, 9.17) is 4.74 Å². The highest BCUT2D eigenvalue weighted by atomic mass is 16.5.